The maximum atomic E-state index is 11.1. The molecule has 7 heteroatoms. The molecule has 1 aliphatic rings. The Balaban J connectivity index is 2.46. The summed E-state index contributed by atoms with van der Waals surface area (Å²) in [5, 5.41) is 12.4. The Hall–Kier alpha value is -1.47. The lowest BCUT2D eigenvalue weighted by Crippen LogP contribution is -2.18. The van der Waals surface area contributed by atoms with Crippen molar-refractivity contribution in [2.24, 2.45) is 5.92 Å². The summed E-state index contributed by atoms with van der Waals surface area (Å²) in [5.41, 5.74) is 0.846. The van der Waals surface area contributed by atoms with Crippen molar-refractivity contribution in [2.45, 2.75) is 12.5 Å². The van der Waals surface area contributed by atoms with E-state index in [1.165, 1.54) is 0 Å². The van der Waals surface area contributed by atoms with E-state index in [2.05, 4.69) is 21.2 Å². The van der Waals surface area contributed by atoms with Gasteiger partial charge in [0.25, 0.3) is 0 Å². The van der Waals surface area contributed by atoms with Crippen LogP contribution < -0.4 is 19.5 Å². The van der Waals surface area contributed by atoms with Gasteiger partial charge in [0, 0.05) is 22.6 Å². The lowest BCUT2D eigenvalue weighted by atomic mass is 9.98. The Morgan fingerprint density at radius 3 is 2.43 bits per heavy atom. The van der Waals surface area contributed by atoms with Crippen molar-refractivity contribution < 1.29 is 24.1 Å². The molecule has 2 unspecified atom stereocenters. The van der Waals surface area contributed by atoms with Crippen molar-refractivity contribution in [3.05, 3.63) is 16.1 Å². The summed E-state index contributed by atoms with van der Waals surface area (Å²) in [5.74, 6) is 0.407. The monoisotopic (exact) mass is 359 g/mol. The van der Waals surface area contributed by atoms with E-state index >= 15 is 0 Å². The number of ether oxygens (including phenoxy) is 3. The Labute approximate surface area is 131 Å². The third-order valence-corrected chi connectivity index (χ3v) is 4.30. The van der Waals surface area contributed by atoms with Crippen LogP contribution in [0.3, 0.4) is 0 Å². The molecule has 1 aromatic rings. The zero-order chi connectivity index (χ0) is 15.6. The van der Waals surface area contributed by atoms with Crippen LogP contribution in [0, 0.1) is 5.92 Å². The molecule has 0 amide bonds. The van der Waals surface area contributed by atoms with Gasteiger partial charge >= 0.3 is 5.97 Å². The number of methoxy groups -OCH3 is 3. The number of carbonyl (C=O) groups is 1. The molecule has 0 aliphatic carbocycles. The fraction of sp³-hybridized carbons (Fsp3) is 0.500. The van der Waals surface area contributed by atoms with Gasteiger partial charge in [-0.15, -0.1) is 0 Å². The van der Waals surface area contributed by atoms with E-state index in [1.807, 2.05) is 0 Å². The Kier molecular flexibility index (Phi) is 4.95. The number of nitrogens with one attached hydrogen (secondary N) is 1. The van der Waals surface area contributed by atoms with E-state index in [0.717, 1.165) is 10.0 Å². The van der Waals surface area contributed by atoms with Gasteiger partial charge < -0.3 is 24.6 Å². The molecule has 1 aromatic carbocycles. The second kappa shape index (κ2) is 6.53. The molecule has 0 saturated carbocycles. The largest absolute Gasteiger partial charge is 0.493 e. The first-order chi connectivity index (χ1) is 10.0. The number of aliphatic carboxylic acids is 1. The predicted molar refractivity (Wildman–Crippen MR) is 80.3 cm³/mol. The van der Waals surface area contributed by atoms with Crippen LogP contribution in [0.15, 0.2) is 10.5 Å². The second-order valence-electron chi connectivity index (χ2n) is 4.77. The quantitative estimate of drug-likeness (QED) is 0.839. The summed E-state index contributed by atoms with van der Waals surface area (Å²) in [6, 6.07) is 1.68. The summed E-state index contributed by atoms with van der Waals surface area (Å²) >= 11 is 3.51. The number of rotatable bonds is 5. The van der Waals surface area contributed by atoms with Gasteiger partial charge in [0.05, 0.1) is 27.2 Å². The van der Waals surface area contributed by atoms with E-state index in [-0.39, 0.29) is 6.04 Å². The van der Waals surface area contributed by atoms with E-state index in [1.54, 1.807) is 27.4 Å². The third kappa shape index (κ3) is 2.94. The van der Waals surface area contributed by atoms with Crippen molar-refractivity contribution in [1.29, 1.82) is 0 Å². The highest BCUT2D eigenvalue weighted by Crippen LogP contribution is 2.48. The van der Waals surface area contributed by atoms with Crippen LogP contribution in [0.2, 0.25) is 0 Å². The first-order valence-electron chi connectivity index (χ1n) is 6.48. The van der Waals surface area contributed by atoms with Gasteiger partial charge in [0.15, 0.2) is 11.5 Å². The van der Waals surface area contributed by atoms with Crippen LogP contribution in [0.4, 0.5) is 0 Å². The molecule has 2 rings (SSSR count). The zero-order valence-electron chi connectivity index (χ0n) is 12.1. The van der Waals surface area contributed by atoms with Crippen molar-refractivity contribution in [2.75, 3.05) is 27.9 Å². The van der Waals surface area contributed by atoms with Gasteiger partial charge in [-0.3, -0.25) is 4.79 Å². The van der Waals surface area contributed by atoms with Crippen molar-refractivity contribution in [3.63, 3.8) is 0 Å². The van der Waals surface area contributed by atoms with E-state index in [4.69, 9.17) is 19.3 Å². The summed E-state index contributed by atoms with van der Waals surface area (Å²) in [4.78, 5) is 11.1. The molecule has 2 N–H and O–H groups in total. The summed E-state index contributed by atoms with van der Waals surface area (Å²) in [6.45, 7) is 0.434. The standard InChI is InChI=1S/C14H18BrNO5/c1-19-10-5-8(15)11(13(21-3)12(10)20-2)9-4-7(6-16-9)14(17)18/h5,7,9,16H,4,6H2,1-3H3,(H,17,18). The van der Waals surface area contributed by atoms with Gasteiger partial charge in [-0.05, 0) is 12.5 Å². The average Bonchev–Trinajstić information content (AvgIpc) is 2.95. The zero-order valence-corrected chi connectivity index (χ0v) is 13.7. The molecule has 116 valence electrons. The third-order valence-electron chi connectivity index (χ3n) is 3.65. The van der Waals surface area contributed by atoms with Gasteiger partial charge in [0.2, 0.25) is 5.75 Å². The number of benzene rings is 1. The topological polar surface area (TPSA) is 77.0 Å². The van der Waals surface area contributed by atoms with E-state index in [0.29, 0.717) is 30.2 Å². The van der Waals surface area contributed by atoms with Crippen LogP contribution in [0.1, 0.15) is 18.0 Å². The normalized spacial score (nSPS) is 21.1. The molecule has 1 heterocycles. The maximum Gasteiger partial charge on any atom is 0.307 e. The molecule has 0 spiro atoms. The van der Waals surface area contributed by atoms with E-state index < -0.39 is 11.9 Å². The van der Waals surface area contributed by atoms with Crippen LogP contribution in [0.25, 0.3) is 0 Å². The highest BCUT2D eigenvalue weighted by Gasteiger charge is 2.34. The fourth-order valence-electron chi connectivity index (χ4n) is 2.62. The maximum absolute atomic E-state index is 11.1. The lowest BCUT2D eigenvalue weighted by molar-refractivity contribution is -0.141. The van der Waals surface area contributed by atoms with Crippen molar-refractivity contribution in [1.82, 2.24) is 5.32 Å². The molecular formula is C14H18BrNO5. The van der Waals surface area contributed by atoms with Gasteiger partial charge in [-0.2, -0.15) is 0 Å². The second-order valence-corrected chi connectivity index (χ2v) is 5.63. The number of halogens is 1. The highest BCUT2D eigenvalue weighted by molar-refractivity contribution is 9.10. The molecule has 0 bridgehead atoms. The molecule has 1 saturated heterocycles. The number of hydrogen-bond donors (Lipinski definition) is 2. The van der Waals surface area contributed by atoms with E-state index in [9.17, 15) is 4.79 Å². The minimum absolute atomic E-state index is 0.116. The Bertz CT molecular complexity index is 549. The minimum Gasteiger partial charge on any atom is -0.493 e. The van der Waals surface area contributed by atoms with Gasteiger partial charge in [0.1, 0.15) is 0 Å². The molecule has 1 fully saturated rings. The highest BCUT2D eigenvalue weighted by atomic mass is 79.9. The van der Waals surface area contributed by atoms with Crippen molar-refractivity contribution >= 4 is 21.9 Å². The Morgan fingerprint density at radius 1 is 1.29 bits per heavy atom. The van der Waals surface area contributed by atoms with Crippen LogP contribution in [-0.4, -0.2) is 38.9 Å². The molecule has 6 nitrogen and oxygen atoms in total. The van der Waals surface area contributed by atoms with Crippen LogP contribution >= 0.6 is 15.9 Å². The SMILES string of the molecule is COc1cc(Br)c(C2CC(C(=O)O)CN2)c(OC)c1OC. The molecule has 1 aliphatic heterocycles. The smallest absolute Gasteiger partial charge is 0.307 e. The predicted octanol–water partition coefficient (Wildman–Crippen LogP) is 2.21. The molecule has 2 atom stereocenters. The molecular weight excluding hydrogens is 342 g/mol. The Morgan fingerprint density at radius 2 is 1.95 bits per heavy atom. The number of carboxylic acid groups (broad SMARTS) is 1. The summed E-state index contributed by atoms with van der Waals surface area (Å²) in [7, 11) is 4.65. The average molecular weight is 360 g/mol. The first-order valence-corrected chi connectivity index (χ1v) is 7.27. The summed E-state index contributed by atoms with van der Waals surface area (Å²) in [6.07, 6.45) is 0.500. The first kappa shape index (κ1) is 15.9. The molecule has 0 aromatic heterocycles. The molecule has 21 heavy (non-hydrogen) atoms. The minimum atomic E-state index is -0.791. The summed E-state index contributed by atoms with van der Waals surface area (Å²) < 4.78 is 16.9. The molecule has 0 radical (unpaired) electrons. The van der Waals surface area contributed by atoms with Gasteiger partial charge in [-0.1, -0.05) is 15.9 Å². The van der Waals surface area contributed by atoms with Crippen LogP contribution in [-0.2, 0) is 4.79 Å². The van der Waals surface area contributed by atoms with Gasteiger partial charge in [-0.25, -0.2) is 0 Å². The van der Waals surface area contributed by atoms with Crippen molar-refractivity contribution in [3.8, 4) is 17.2 Å². The number of carboxylic acids is 1. The fourth-order valence-corrected chi connectivity index (χ4v) is 3.28. The van der Waals surface area contributed by atoms with Crippen LogP contribution in [0.5, 0.6) is 17.2 Å². The lowest BCUT2D eigenvalue weighted by Gasteiger charge is -2.21. The number of hydrogen-bond acceptors (Lipinski definition) is 5.